The van der Waals surface area contributed by atoms with Gasteiger partial charge in [0.25, 0.3) is 0 Å². The van der Waals surface area contributed by atoms with Gasteiger partial charge in [0, 0.05) is 18.0 Å². The van der Waals surface area contributed by atoms with Gasteiger partial charge in [-0.2, -0.15) is 0 Å². The van der Waals surface area contributed by atoms with Crippen LogP contribution in [0.1, 0.15) is 11.1 Å². The lowest BCUT2D eigenvalue weighted by Crippen LogP contribution is -2.07. The van der Waals surface area contributed by atoms with Crippen LogP contribution in [0.4, 0.5) is 5.69 Å². The molecule has 3 rings (SSSR count). The Labute approximate surface area is 169 Å². The van der Waals surface area contributed by atoms with Gasteiger partial charge in [0.2, 0.25) is 5.91 Å². The van der Waals surface area contributed by atoms with Gasteiger partial charge in [-0.15, -0.1) is 0 Å². The monoisotopic (exact) mass is 390 g/mol. The van der Waals surface area contributed by atoms with Crippen LogP contribution in [0.15, 0.2) is 67.0 Å². The standard InChI is InChI=1S/C23H22N2O4/c1-16-13-18(8-10-20(16)29-19-5-4-12-24-15-19)25-23(26)11-7-17-6-9-21(27-2)22(14-17)28-3/h4-15H,1-3H3,(H,25,26). The molecule has 3 aromatic rings. The van der Waals surface area contributed by atoms with Crippen LogP contribution in [0.5, 0.6) is 23.0 Å². The summed E-state index contributed by atoms with van der Waals surface area (Å²) >= 11 is 0. The van der Waals surface area contributed by atoms with Crippen LogP contribution in [0.2, 0.25) is 0 Å². The summed E-state index contributed by atoms with van der Waals surface area (Å²) in [6.07, 6.45) is 6.52. The fraction of sp³-hybridized carbons (Fsp3) is 0.130. The number of carbonyl (C=O) groups excluding carboxylic acids is 1. The van der Waals surface area contributed by atoms with Gasteiger partial charge in [-0.05, 0) is 66.6 Å². The first-order chi connectivity index (χ1) is 14.1. The van der Waals surface area contributed by atoms with Crippen molar-refractivity contribution in [2.75, 3.05) is 19.5 Å². The molecule has 0 fully saturated rings. The van der Waals surface area contributed by atoms with E-state index in [1.54, 1.807) is 50.9 Å². The number of pyridine rings is 1. The van der Waals surface area contributed by atoms with Crippen LogP contribution in [0, 0.1) is 6.92 Å². The maximum absolute atomic E-state index is 12.3. The summed E-state index contributed by atoms with van der Waals surface area (Å²) < 4.78 is 16.3. The number of benzene rings is 2. The van der Waals surface area contributed by atoms with Crippen molar-refractivity contribution in [3.05, 3.63) is 78.1 Å². The number of carbonyl (C=O) groups is 1. The topological polar surface area (TPSA) is 69.7 Å². The Kier molecular flexibility index (Phi) is 6.47. The molecule has 1 heterocycles. The first-order valence-corrected chi connectivity index (χ1v) is 8.98. The fourth-order valence-electron chi connectivity index (χ4n) is 2.69. The molecule has 0 bridgehead atoms. The predicted molar refractivity (Wildman–Crippen MR) is 113 cm³/mol. The minimum Gasteiger partial charge on any atom is -0.493 e. The summed E-state index contributed by atoms with van der Waals surface area (Å²) in [5, 5.41) is 2.85. The van der Waals surface area contributed by atoms with E-state index >= 15 is 0 Å². The lowest BCUT2D eigenvalue weighted by Gasteiger charge is -2.10. The zero-order valence-electron chi connectivity index (χ0n) is 16.5. The average Bonchev–Trinajstić information content (AvgIpc) is 2.74. The summed E-state index contributed by atoms with van der Waals surface area (Å²) in [4.78, 5) is 16.3. The normalized spacial score (nSPS) is 10.6. The fourth-order valence-corrected chi connectivity index (χ4v) is 2.69. The van der Waals surface area contributed by atoms with Crippen molar-refractivity contribution in [2.24, 2.45) is 0 Å². The van der Waals surface area contributed by atoms with Crippen LogP contribution in [-0.4, -0.2) is 25.1 Å². The zero-order valence-corrected chi connectivity index (χ0v) is 16.5. The molecule has 0 saturated carbocycles. The van der Waals surface area contributed by atoms with Crippen LogP contribution in [0.25, 0.3) is 6.08 Å². The summed E-state index contributed by atoms with van der Waals surface area (Å²) in [6.45, 7) is 1.92. The molecule has 29 heavy (non-hydrogen) atoms. The maximum atomic E-state index is 12.3. The Hall–Kier alpha value is -3.80. The third-order valence-electron chi connectivity index (χ3n) is 4.14. The van der Waals surface area contributed by atoms with Crippen LogP contribution in [0.3, 0.4) is 0 Å². The highest BCUT2D eigenvalue weighted by molar-refractivity contribution is 6.02. The molecule has 148 valence electrons. The van der Waals surface area contributed by atoms with Crippen molar-refractivity contribution in [2.45, 2.75) is 6.92 Å². The van der Waals surface area contributed by atoms with Crippen LogP contribution < -0.4 is 19.5 Å². The van der Waals surface area contributed by atoms with E-state index in [0.29, 0.717) is 28.7 Å². The van der Waals surface area contributed by atoms with E-state index in [1.165, 1.54) is 6.08 Å². The van der Waals surface area contributed by atoms with E-state index in [4.69, 9.17) is 14.2 Å². The number of aromatic nitrogens is 1. The van der Waals surface area contributed by atoms with Crippen molar-refractivity contribution >= 4 is 17.7 Å². The van der Waals surface area contributed by atoms with Crippen LogP contribution >= 0.6 is 0 Å². The second-order valence-electron chi connectivity index (χ2n) is 6.21. The summed E-state index contributed by atoms with van der Waals surface area (Å²) in [6, 6.07) is 14.5. The molecule has 1 aromatic heterocycles. The smallest absolute Gasteiger partial charge is 0.248 e. The second kappa shape index (κ2) is 9.41. The van der Waals surface area contributed by atoms with Crippen molar-refractivity contribution < 1.29 is 19.0 Å². The van der Waals surface area contributed by atoms with Gasteiger partial charge >= 0.3 is 0 Å². The van der Waals surface area contributed by atoms with E-state index in [-0.39, 0.29) is 5.91 Å². The second-order valence-corrected chi connectivity index (χ2v) is 6.21. The lowest BCUT2D eigenvalue weighted by molar-refractivity contribution is -0.111. The number of anilines is 1. The Balaban J connectivity index is 1.64. The van der Waals surface area contributed by atoms with E-state index in [9.17, 15) is 4.79 Å². The Morgan fingerprint density at radius 1 is 1.00 bits per heavy atom. The van der Waals surface area contributed by atoms with Crippen molar-refractivity contribution in [1.29, 1.82) is 0 Å². The van der Waals surface area contributed by atoms with Gasteiger partial charge in [-0.25, -0.2) is 0 Å². The molecule has 0 radical (unpaired) electrons. The molecule has 1 N–H and O–H groups in total. The highest BCUT2D eigenvalue weighted by Crippen LogP contribution is 2.28. The van der Waals surface area contributed by atoms with Gasteiger partial charge < -0.3 is 19.5 Å². The number of ether oxygens (including phenoxy) is 3. The molecule has 0 spiro atoms. The van der Waals surface area contributed by atoms with E-state index < -0.39 is 0 Å². The van der Waals surface area contributed by atoms with Crippen molar-refractivity contribution in [3.63, 3.8) is 0 Å². The quantitative estimate of drug-likeness (QED) is 0.584. The largest absolute Gasteiger partial charge is 0.493 e. The Bertz CT molecular complexity index is 1020. The van der Waals surface area contributed by atoms with E-state index in [1.807, 2.05) is 37.3 Å². The van der Waals surface area contributed by atoms with Gasteiger partial charge in [0.15, 0.2) is 11.5 Å². The number of rotatable bonds is 7. The average molecular weight is 390 g/mol. The first-order valence-electron chi connectivity index (χ1n) is 8.98. The van der Waals surface area contributed by atoms with Gasteiger partial charge in [-0.1, -0.05) is 6.07 Å². The molecule has 0 aliphatic rings. The molecule has 1 amide bonds. The number of hydrogen-bond donors (Lipinski definition) is 1. The Morgan fingerprint density at radius 2 is 1.79 bits per heavy atom. The summed E-state index contributed by atoms with van der Waals surface area (Å²) in [5.74, 6) is 2.37. The molecule has 6 nitrogen and oxygen atoms in total. The highest BCUT2D eigenvalue weighted by atomic mass is 16.5. The van der Waals surface area contributed by atoms with E-state index in [0.717, 1.165) is 11.1 Å². The SMILES string of the molecule is COc1ccc(C=CC(=O)Nc2ccc(Oc3cccnc3)c(C)c2)cc1OC. The van der Waals surface area contributed by atoms with E-state index in [2.05, 4.69) is 10.3 Å². The molecule has 0 saturated heterocycles. The number of methoxy groups -OCH3 is 2. The van der Waals surface area contributed by atoms with Gasteiger partial charge in [0.05, 0.1) is 20.4 Å². The maximum Gasteiger partial charge on any atom is 0.248 e. The third kappa shape index (κ3) is 5.35. The first kappa shape index (κ1) is 19.9. The lowest BCUT2D eigenvalue weighted by atomic mass is 10.1. The molecule has 0 aliphatic carbocycles. The summed E-state index contributed by atoms with van der Waals surface area (Å²) in [7, 11) is 3.15. The minimum atomic E-state index is -0.236. The third-order valence-corrected chi connectivity index (χ3v) is 4.14. The minimum absolute atomic E-state index is 0.236. The number of amides is 1. The highest BCUT2D eigenvalue weighted by Gasteiger charge is 2.06. The predicted octanol–water partition coefficient (Wildman–Crippen LogP) is 4.85. The number of aryl methyl sites for hydroxylation is 1. The van der Waals surface area contributed by atoms with Crippen molar-refractivity contribution in [3.8, 4) is 23.0 Å². The summed E-state index contributed by atoms with van der Waals surface area (Å²) in [5.41, 5.74) is 2.41. The number of hydrogen-bond acceptors (Lipinski definition) is 5. The molecule has 0 aliphatic heterocycles. The molecular weight excluding hydrogens is 368 g/mol. The van der Waals surface area contributed by atoms with Crippen LogP contribution in [-0.2, 0) is 4.79 Å². The molecule has 6 heteroatoms. The molecule has 0 atom stereocenters. The van der Waals surface area contributed by atoms with Gasteiger partial charge in [0.1, 0.15) is 11.5 Å². The molecule has 2 aromatic carbocycles. The molecular formula is C23H22N2O4. The Morgan fingerprint density at radius 3 is 2.48 bits per heavy atom. The molecule has 0 unspecified atom stereocenters. The van der Waals surface area contributed by atoms with Gasteiger partial charge in [-0.3, -0.25) is 9.78 Å². The zero-order chi connectivity index (χ0) is 20.6. The number of nitrogens with one attached hydrogen (secondary N) is 1. The van der Waals surface area contributed by atoms with Crippen molar-refractivity contribution in [1.82, 2.24) is 4.98 Å². The number of nitrogens with zero attached hydrogens (tertiary/aromatic N) is 1.